The van der Waals surface area contributed by atoms with Crippen LogP contribution in [-0.2, 0) is 0 Å². The Hall–Kier alpha value is -1.91. The Morgan fingerprint density at radius 1 is 0.852 bits per heavy atom. The van der Waals surface area contributed by atoms with Crippen molar-refractivity contribution in [2.24, 2.45) is 5.92 Å². The number of hydrogen-bond donors (Lipinski definition) is 0. The van der Waals surface area contributed by atoms with Crippen LogP contribution in [0.1, 0.15) is 59.3 Å². The lowest BCUT2D eigenvalue weighted by Gasteiger charge is -2.17. The molecule has 0 fully saturated rings. The number of unbranched alkanes of at least 4 members (excludes halogenated alkanes) is 2. The zero-order valence-electron chi connectivity index (χ0n) is 16.4. The van der Waals surface area contributed by atoms with Gasteiger partial charge in [-0.15, -0.1) is 0 Å². The molecule has 0 spiro atoms. The van der Waals surface area contributed by atoms with Gasteiger partial charge in [-0.3, -0.25) is 0 Å². The molecule has 0 aliphatic rings. The highest BCUT2D eigenvalue weighted by Crippen LogP contribution is 2.34. The monoisotopic (exact) mass is 382 g/mol. The molecule has 2 aromatic carbocycles. The number of ether oxygens (including phenoxy) is 2. The van der Waals surface area contributed by atoms with Crippen molar-refractivity contribution >= 4 is 10.8 Å². The predicted octanol–water partition coefficient (Wildman–Crippen LogP) is 7.03. The van der Waals surface area contributed by atoms with Gasteiger partial charge in [-0.2, -0.15) is 4.39 Å². The van der Waals surface area contributed by atoms with Gasteiger partial charge in [-0.1, -0.05) is 52.5 Å². The molecule has 0 aromatic heterocycles. The minimum atomic E-state index is -1.23. The molecule has 0 saturated carbocycles. The SMILES string of the molecule is CCCCOc1ccc2cc(OCC(CC)CCCC)c(F)c(F)c2c1F. The summed E-state index contributed by atoms with van der Waals surface area (Å²) in [5.74, 6) is -3.21. The van der Waals surface area contributed by atoms with E-state index < -0.39 is 22.8 Å². The molecule has 0 aliphatic carbocycles. The molecule has 2 aromatic rings. The summed E-state index contributed by atoms with van der Waals surface area (Å²) in [6.45, 7) is 6.80. The summed E-state index contributed by atoms with van der Waals surface area (Å²) < 4.78 is 54.5. The Kier molecular flexibility index (Phi) is 8.26. The molecule has 2 rings (SSSR count). The fourth-order valence-electron chi connectivity index (χ4n) is 2.99. The second-order valence-corrected chi connectivity index (χ2v) is 6.91. The van der Waals surface area contributed by atoms with Gasteiger partial charge in [0.25, 0.3) is 0 Å². The maximum absolute atomic E-state index is 14.6. The average molecular weight is 382 g/mol. The normalized spacial score (nSPS) is 12.4. The lowest BCUT2D eigenvalue weighted by molar-refractivity contribution is 0.223. The molecule has 0 N–H and O–H groups in total. The highest BCUT2D eigenvalue weighted by atomic mass is 19.2. The van der Waals surface area contributed by atoms with E-state index in [0.717, 1.165) is 38.5 Å². The van der Waals surface area contributed by atoms with Gasteiger partial charge in [0.1, 0.15) is 0 Å². The minimum absolute atomic E-state index is 0.0615. The van der Waals surface area contributed by atoms with Gasteiger partial charge in [0.05, 0.1) is 18.6 Å². The average Bonchev–Trinajstić information content (AvgIpc) is 2.67. The molecule has 0 amide bonds. The predicted molar refractivity (Wildman–Crippen MR) is 103 cm³/mol. The van der Waals surface area contributed by atoms with Crippen LogP contribution in [0.15, 0.2) is 18.2 Å². The van der Waals surface area contributed by atoms with E-state index in [1.54, 1.807) is 0 Å². The van der Waals surface area contributed by atoms with E-state index in [2.05, 4.69) is 13.8 Å². The van der Waals surface area contributed by atoms with Gasteiger partial charge in [-0.25, -0.2) is 8.78 Å². The number of hydrogen-bond acceptors (Lipinski definition) is 2. The molecule has 0 saturated heterocycles. The van der Waals surface area contributed by atoms with Crippen LogP contribution in [0.4, 0.5) is 13.2 Å². The highest BCUT2D eigenvalue weighted by molar-refractivity contribution is 5.86. The molecule has 1 atom stereocenters. The van der Waals surface area contributed by atoms with Crippen LogP contribution in [0, 0.1) is 23.4 Å². The van der Waals surface area contributed by atoms with Crippen LogP contribution in [0.25, 0.3) is 10.8 Å². The summed E-state index contributed by atoms with van der Waals surface area (Å²) in [6.07, 6.45) is 5.70. The molecule has 0 heterocycles. The summed E-state index contributed by atoms with van der Waals surface area (Å²) >= 11 is 0. The summed E-state index contributed by atoms with van der Waals surface area (Å²) in [5, 5.41) is -0.141. The third kappa shape index (κ3) is 5.30. The van der Waals surface area contributed by atoms with Gasteiger partial charge in [-0.05, 0) is 36.3 Å². The first-order valence-corrected chi connectivity index (χ1v) is 9.89. The van der Waals surface area contributed by atoms with Crippen LogP contribution in [0.3, 0.4) is 0 Å². The van der Waals surface area contributed by atoms with Crippen molar-refractivity contribution < 1.29 is 22.6 Å². The number of rotatable bonds is 11. The first-order chi connectivity index (χ1) is 13.0. The smallest absolute Gasteiger partial charge is 0.201 e. The molecular formula is C22H29F3O2. The Labute approximate surface area is 159 Å². The van der Waals surface area contributed by atoms with Crippen molar-refractivity contribution in [1.29, 1.82) is 0 Å². The maximum Gasteiger partial charge on any atom is 0.201 e. The highest BCUT2D eigenvalue weighted by Gasteiger charge is 2.21. The van der Waals surface area contributed by atoms with E-state index in [-0.39, 0.29) is 22.8 Å². The second kappa shape index (κ2) is 10.4. The van der Waals surface area contributed by atoms with Crippen LogP contribution in [0.5, 0.6) is 11.5 Å². The van der Waals surface area contributed by atoms with Crippen molar-refractivity contribution in [1.82, 2.24) is 0 Å². The summed E-state index contributed by atoms with van der Waals surface area (Å²) in [4.78, 5) is 0. The molecule has 2 nitrogen and oxygen atoms in total. The largest absolute Gasteiger partial charge is 0.490 e. The maximum atomic E-state index is 14.6. The molecule has 0 aliphatic heterocycles. The Morgan fingerprint density at radius 2 is 1.59 bits per heavy atom. The third-order valence-corrected chi connectivity index (χ3v) is 4.83. The molecule has 1 unspecified atom stereocenters. The summed E-state index contributed by atoms with van der Waals surface area (Å²) in [5.41, 5.74) is 0. The van der Waals surface area contributed by atoms with E-state index >= 15 is 0 Å². The lowest BCUT2D eigenvalue weighted by Crippen LogP contribution is -2.12. The number of benzene rings is 2. The Bertz CT molecular complexity index is 746. The summed E-state index contributed by atoms with van der Waals surface area (Å²) in [7, 11) is 0. The molecule has 27 heavy (non-hydrogen) atoms. The fourth-order valence-corrected chi connectivity index (χ4v) is 2.99. The lowest BCUT2D eigenvalue weighted by atomic mass is 10.0. The van der Waals surface area contributed by atoms with E-state index in [1.165, 1.54) is 18.2 Å². The van der Waals surface area contributed by atoms with Crippen LogP contribution in [0.2, 0.25) is 0 Å². The van der Waals surface area contributed by atoms with Crippen molar-refractivity contribution in [3.8, 4) is 11.5 Å². The van der Waals surface area contributed by atoms with Crippen molar-refractivity contribution in [2.45, 2.75) is 59.3 Å². The first kappa shape index (κ1) is 21.4. The van der Waals surface area contributed by atoms with Crippen LogP contribution in [-0.4, -0.2) is 13.2 Å². The van der Waals surface area contributed by atoms with Crippen molar-refractivity contribution in [3.05, 3.63) is 35.7 Å². The van der Waals surface area contributed by atoms with Gasteiger partial charge >= 0.3 is 0 Å². The van der Waals surface area contributed by atoms with Gasteiger partial charge in [0, 0.05) is 0 Å². The molecule has 0 radical (unpaired) electrons. The first-order valence-electron chi connectivity index (χ1n) is 9.89. The summed E-state index contributed by atoms with van der Waals surface area (Å²) in [6, 6.07) is 4.34. The number of fused-ring (bicyclic) bond motifs is 1. The van der Waals surface area contributed by atoms with E-state index in [9.17, 15) is 13.2 Å². The van der Waals surface area contributed by atoms with E-state index in [1.807, 2.05) is 6.92 Å². The minimum Gasteiger partial charge on any atom is -0.490 e. The van der Waals surface area contributed by atoms with E-state index in [0.29, 0.717) is 13.2 Å². The topological polar surface area (TPSA) is 18.5 Å². The molecule has 0 bridgehead atoms. The zero-order valence-corrected chi connectivity index (χ0v) is 16.4. The second-order valence-electron chi connectivity index (χ2n) is 6.91. The van der Waals surface area contributed by atoms with E-state index in [4.69, 9.17) is 9.47 Å². The standard InChI is InChI=1S/C22H29F3O2/c1-4-7-9-15(6-3)14-27-18-13-16-10-11-17(26-12-8-5-2)20(23)19(16)22(25)21(18)24/h10-11,13,15H,4-9,12,14H2,1-3H3. The Morgan fingerprint density at radius 3 is 2.26 bits per heavy atom. The third-order valence-electron chi connectivity index (χ3n) is 4.83. The fraction of sp³-hybridized carbons (Fsp3) is 0.545. The van der Waals surface area contributed by atoms with Gasteiger partial charge in [0.2, 0.25) is 5.82 Å². The van der Waals surface area contributed by atoms with Crippen molar-refractivity contribution in [3.63, 3.8) is 0 Å². The van der Waals surface area contributed by atoms with Crippen LogP contribution < -0.4 is 9.47 Å². The van der Waals surface area contributed by atoms with Crippen LogP contribution >= 0.6 is 0 Å². The molecule has 150 valence electrons. The van der Waals surface area contributed by atoms with Gasteiger partial charge in [0.15, 0.2) is 23.1 Å². The molecule has 5 heteroatoms. The number of halogens is 3. The Balaban J connectivity index is 2.25. The zero-order chi connectivity index (χ0) is 19.8. The van der Waals surface area contributed by atoms with Gasteiger partial charge < -0.3 is 9.47 Å². The van der Waals surface area contributed by atoms with Crippen molar-refractivity contribution in [2.75, 3.05) is 13.2 Å². The molecular weight excluding hydrogens is 353 g/mol. The quantitative estimate of drug-likeness (QED) is 0.388.